The van der Waals surface area contributed by atoms with Gasteiger partial charge in [-0.2, -0.15) is 12.6 Å². The van der Waals surface area contributed by atoms with Crippen LogP contribution in [0.1, 0.15) is 43.8 Å². The third-order valence-electron chi connectivity index (χ3n) is 5.20. The Labute approximate surface area is 197 Å². The van der Waals surface area contributed by atoms with E-state index in [0.717, 1.165) is 5.56 Å². The zero-order chi connectivity index (χ0) is 23.8. The molecule has 2 atom stereocenters. The highest BCUT2D eigenvalue weighted by Crippen LogP contribution is 2.33. The van der Waals surface area contributed by atoms with Gasteiger partial charge >= 0.3 is 17.9 Å². The van der Waals surface area contributed by atoms with Crippen molar-refractivity contribution in [2.24, 2.45) is 0 Å². The molecule has 7 heteroatoms. The number of rotatable bonds is 9. The molecule has 3 aromatic carbocycles. The van der Waals surface area contributed by atoms with E-state index in [1.807, 2.05) is 30.3 Å². The van der Waals surface area contributed by atoms with Crippen molar-refractivity contribution in [2.75, 3.05) is 13.7 Å². The summed E-state index contributed by atoms with van der Waals surface area (Å²) in [7, 11) is 1.21. The van der Waals surface area contributed by atoms with Crippen molar-refractivity contribution in [1.29, 1.82) is 0 Å². The Morgan fingerprint density at radius 1 is 0.879 bits per heavy atom. The van der Waals surface area contributed by atoms with E-state index in [2.05, 4.69) is 12.6 Å². The van der Waals surface area contributed by atoms with Gasteiger partial charge in [-0.15, -0.1) is 0 Å². The Bertz CT molecular complexity index is 1130. The molecule has 33 heavy (non-hydrogen) atoms. The van der Waals surface area contributed by atoms with Gasteiger partial charge in [0.05, 0.1) is 24.5 Å². The second-order valence-corrected chi connectivity index (χ2v) is 7.84. The van der Waals surface area contributed by atoms with E-state index in [1.165, 1.54) is 13.2 Å². The number of thiol groups is 1. The first-order chi connectivity index (χ1) is 15.9. The second-order valence-electron chi connectivity index (χ2n) is 7.32. The van der Waals surface area contributed by atoms with E-state index in [1.54, 1.807) is 42.5 Å². The Kier molecular flexibility index (Phi) is 8.27. The molecule has 0 spiro atoms. The largest absolute Gasteiger partial charge is 0.478 e. The van der Waals surface area contributed by atoms with Gasteiger partial charge in [-0.3, -0.25) is 9.59 Å². The molecule has 0 saturated carbocycles. The van der Waals surface area contributed by atoms with Gasteiger partial charge in [0.15, 0.2) is 5.92 Å². The number of aromatic carboxylic acids is 1. The molecule has 0 radical (unpaired) electrons. The topological polar surface area (TPSA) is 89.9 Å². The molecule has 0 aliphatic rings. The van der Waals surface area contributed by atoms with E-state index in [4.69, 9.17) is 9.47 Å². The summed E-state index contributed by atoms with van der Waals surface area (Å²) in [5.74, 6) is -3.77. The molecule has 3 aromatic rings. The van der Waals surface area contributed by atoms with Crippen molar-refractivity contribution in [2.45, 2.75) is 17.6 Å². The molecule has 0 bridgehead atoms. The molecule has 6 nitrogen and oxygen atoms in total. The van der Waals surface area contributed by atoms with Crippen LogP contribution in [0.25, 0.3) is 0 Å². The molecule has 2 unspecified atom stereocenters. The van der Waals surface area contributed by atoms with Gasteiger partial charge in [0.1, 0.15) is 0 Å². The summed E-state index contributed by atoms with van der Waals surface area (Å²) >= 11 is 4.62. The van der Waals surface area contributed by atoms with Crippen LogP contribution >= 0.6 is 12.6 Å². The first-order valence-corrected chi connectivity index (χ1v) is 10.8. The molecule has 0 amide bonds. The van der Waals surface area contributed by atoms with Crippen molar-refractivity contribution in [1.82, 2.24) is 0 Å². The highest BCUT2D eigenvalue weighted by molar-refractivity contribution is 7.80. The Hall–Kier alpha value is -3.58. The fraction of sp³-hybridized carbons (Fsp3) is 0.192. The van der Waals surface area contributed by atoms with Gasteiger partial charge in [-0.25, -0.2) is 4.79 Å². The lowest BCUT2D eigenvalue weighted by atomic mass is 9.93. The van der Waals surface area contributed by atoms with Crippen LogP contribution in [-0.2, 0) is 25.5 Å². The fourth-order valence-electron chi connectivity index (χ4n) is 3.50. The molecule has 0 fully saturated rings. The highest BCUT2D eigenvalue weighted by Gasteiger charge is 2.32. The third kappa shape index (κ3) is 6.02. The van der Waals surface area contributed by atoms with Crippen molar-refractivity contribution >= 4 is 30.5 Å². The van der Waals surface area contributed by atoms with Crippen LogP contribution in [-0.4, -0.2) is 36.7 Å². The van der Waals surface area contributed by atoms with Gasteiger partial charge in [0.25, 0.3) is 0 Å². The average Bonchev–Trinajstić information content (AvgIpc) is 2.84. The maximum atomic E-state index is 12.8. The number of benzene rings is 3. The predicted molar refractivity (Wildman–Crippen MR) is 127 cm³/mol. The monoisotopic (exact) mass is 464 g/mol. The van der Waals surface area contributed by atoms with Gasteiger partial charge in [-0.1, -0.05) is 72.8 Å². The predicted octanol–water partition coefficient (Wildman–Crippen LogP) is 4.45. The van der Waals surface area contributed by atoms with E-state index >= 15 is 0 Å². The maximum Gasteiger partial charge on any atom is 0.336 e. The quantitative estimate of drug-likeness (QED) is 0.276. The number of carbonyl (C=O) groups excluding carboxylic acids is 2. The van der Waals surface area contributed by atoms with Crippen LogP contribution in [0.2, 0.25) is 0 Å². The average molecular weight is 465 g/mol. The normalized spacial score (nSPS) is 12.4. The number of carbonyl (C=O) groups is 3. The molecular formula is C26H24O6S. The minimum atomic E-state index is -1.26. The summed E-state index contributed by atoms with van der Waals surface area (Å²) in [5.41, 5.74) is 2.67. The minimum Gasteiger partial charge on any atom is -0.478 e. The number of carboxylic acids is 1. The van der Waals surface area contributed by atoms with Crippen LogP contribution in [0.5, 0.6) is 0 Å². The number of hydrogen-bond acceptors (Lipinski definition) is 6. The van der Waals surface area contributed by atoms with Crippen LogP contribution < -0.4 is 0 Å². The van der Waals surface area contributed by atoms with E-state index < -0.39 is 29.1 Å². The summed E-state index contributed by atoms with van der Waals surface area (Å²) in [6, 6.07) is 22.8. The molecule has 1 N–H and O–H groups in total. The number of esters is 2. The molecule has 0 aromatic heterocycles. The lowest BCUT2D eigenvalue weighted by Crippen LogP contribution is -2.26. The van der Waals surface area contributed by atoms with Gasteiger partial charge in [-0.05, 0) is 28.3 Å². The summed E-state index contributed by atoms with van der Waals surface area (Å²) < 4.78 is 10.2. The van der Waals surface area contributed by atoms with Crippen LogP contribution in [0.3, 0.4) is 0 Å². The maximum absolute atomic E-state index is 12.8. The molecule has 3 rings (SSSR count). The van der Waals surface area contributed by atoms with Crippen LogP contribution in [0.15, 0.2) is 78.9 Å². The summed E-state index contributed by atoms with van der Waals surface area (Å²) in [6.45, 7) is 0.122. The van der Waals surface area contributed by atoms with E-state index in [9.17, 15) is 19.5 Å². The van der Waals surface area contributed by atoms with Crippen molar-refractivity contribution < 1.29 is 29.0 Å². The highest BCUT2D eigenvalue weighted by atomic mass is 32.1. The molecule has 170 valence electrons. The summed E-state index contributed by atoms with van der Waals surface area (Å²) in [5, 5.41) is 8.91. The number of carboxylic acid groups (broad SMARTS) is 1. The van der Waals surface area contributed by atoms with Gasteiger partial charge in [0, 0.05) is 6.42 Å². The minimum absolute atomic E-state index is 0.122. The zero-order valence-corrected chi connectivity index (χ0v) is 18.9. The number of ether oxygens (including phenoxy) is 2. The first-order valence-electron chi connectivity index (χ1n) is 10.3. The molecule has 0 heterocycles. The SMILES string of the molecule is COC(=O)C(C(=O)OCCc1ccccc1)c1cccc(C(S)c2ccccc2C(=O)O)c1. The standard InChI is InChI=1S/C26H24O6S/c1-31-25(29)22(26(30)32-15-14-17-8-3-2-4-9-17)18-10-7-11-19(16-18)23(33)20-12-5-6-13-21(20)24(27)28/h2-13,16,22-23,33H,14-15H2,1H3,(H,27,28). The fourth-order valence-corrected chi connectivity index (χ4v) is 3.89. The van der Waals surface area contributed by atoms with E-state index in [-0.39, 0.29) is 12.2 Å². The summed E-state index contributed by atoms with van der Waals surface area (Å²) in [6.07, 6.45) is 0.519. The third-order valence-corrected chi connectivity index (χ3v) is 5.77. The van der Waals surface area contributed by atoms with Crippen molar-refractivity contribution in [3.8, 4) is 0 Å². The molecule has 0 aliphatic carbocycles. The summed E-state index contributed by atoms with van der Waals surface area (Å²) in [4.78, 5) is 36.9. The number of hydrogen-bond donors (Lipinski definition) is 2. The van der Waals surface area contributed by atoms with E-state index in [0.29, 0.717) is 23.1 Å². The molecule has 0 saturated heterocycles. The molecule has 0 aliphatic heterocycles. The van der Waals surface area contributed by atoms with Crippen LogP contribution in [0, 0.1) is 0 Å². The Morgan fingerprint density at radius 2 is 1.55 bits per heavy atom. The Morgan fingerprint density at radius 3 is 2.24 bits per heavy atom. The zero-order valence-electron chi connectivity index (χ0n) is 18.0. The van der Waals surface area contributed by atoms with Crippen molar-refractivity contribution in [3.63, 3.8) is 0 Å². The van der Waals surface area contributed by atoms with Gasteiger partial charge in [0.2, 0.25) is 0 Å². The Balaban J connectivity index is 1.83. The lowest BCUT2D eigenvalue weighted by Gasteiger charge is -2.18. The number of methoxy groups -OCH3 is 1. The lowest BCUT2D eigenvalue weighted by molar-refractivity contribution is -0.155. The smallest absolute Gasteiger partial charge is 0.336 e. The molecular weight excluding hydrogens is 440 g/mol. The second kappa shape index (κ2) is 11.3. The van der Waals surface area contributed by atoms with Crippen LogP contribution in [0.4, 0.5) is 0 Å². The first kappa shape index (κ1) is 24.1. The van der Waals surface area contributed by atoms with Gasteiger partial charge < -0.3 is 14.6 Å². The van der Waals surface area contributed by atoms with Crippen molar-refractivity contribution in [3.05, 3.63) is 107 Å².